The summed E-state index contributed by atoms with van der Waals surface area (Å²) in [5.74, 6) is 0. The molecule has 0 aliphatic carbocycles. The molecule has 0 aromatic heterocycles. The van der Waals surface area contributed by atoms with Crippen molar-refractivity contribution in [3.63, 3.8) is 0 Å². The molecule has 0 nitrogen and oxygen atoms in total. The van der Waals surface area contributed by atoms with Gasteiger partial charge in [-0.2, -0.15) is 0 Å². The SMILES string of the molecule is C.C=C.CC.[W]. The van der Waals surface area contributed by atoms with Gasteiger partial charge in [-0.1, -0.05) is 21.3 Å². The molecule has 0 aromatic carbocycles. The van der Waals surface area contributed by atoms with Crippen LogP contribution in [-0.4, -0.2) is 0 Å². The molecule has 0 N–H and O–H groups in total. The maximum absolute atomic E-state index is 3.00. The maximum Gasteiger partial charge on any atom is 0 e. The van der Waals surface area contributed by atoms with Crippen molar-refractivity contribution in [2.45, 2.75) is 21.3 Å². The molecule has 0 aliphatic rings. The standard InChI is InChI=1S/C2H6.C2H4.CH4.W/c2*1-2;;/h1-2H3;1-2H2;1H4;. The van der Waals surface area contributed by atoms with Crippen LogP contribution in [0.25, 0.3) is 0 Å². The molecule has 40 valence electrons. The Kier molecular flexibility index (Phi) is 3110. The van der Waals surface area contributed by atoms with E-state index < -0.39 is 0 Å². The number of hydrogen-bond acceptors (Lipinski definition) is 0. The van der Waals surface area contributed by atoms with E-state index in [0.717, 1.165) is 0 Å². The van der Waals surface area contributed by atoms with Gasteiger partial charge in [-0.15, -0.1) is 13.2 Å². The number of hydrogen-bond donors (Lipinski definition) is 0. The van der Waals surface area contributed by atoms with Gasteiger partial charge in [0, 0.05) is 21.1 Å². The van der Waals surface area contributed by atoms with Crippen LogP contribution in [-0.2, 0) is 21.1 Å². The van der Waals surface area contributed by atoms with E-state index in [2.05, 4.69) is 13.2 Å². The Hall–Kier alpha value is 0.428. The molecular weight excluding hydrogens is 244 g/mol. The summed E-state index contributed by atoms with van der Waals surface area (Å²) in [6, 6.07) is 0. The summed E-state index contributed by atoms with van der Waals surface area (Å²) in [6.07, 6.45) is 0. The predicted octanol–water partition coefficient (Wildman–Crippen LogP) is 2.46. The van der Waals surface area contributed by atoms with Gasteiger partial charge in [-0.25, -0.2) is 0 Å². The first-order valence-electron chi connectivity index (χ1n) is 1.50. The van der Waals surface area contributed by atoms with Crippen molar-refractivity contribution >= 4 is 0 Å². The minimum absolute atomic E-state index is 0. The molecule has 0 atom stereocenters. The monoisotopic (exact) mass is 258 g/mol. The third kappa shape index (κ3) is 284. The molecule has 1 heteroatoms. The zero-order chi connectivity index (χ0) is 4.00. The molecule has 0 aliphatic heterocycles. The van der Waals surface area contributed by atoms with Gasteiger partial charge in [-0.05, 0) is 0 Å². The Bertz CT molecular complexity index is 3.90. The fourth-order valence-electron chi connectivity index (χ4n) is 0. The molecular formula is C5H14W. The fraction of sp³-hybridized carbons (Fsp3) is 0.600. The van der Waals surface area contributed by atoms with Gasteiger partial charge >= 0.3 is 0 Å². The van der Waals surface area contributed by atoms with E-state index in [0.29, 0.717) is 0 Å². The molecule has 0 bridgehead atoms. The quantitative estimate of drug-likeness (QED) is 0.585. The van der Waals surface area contributed by atoms with Gasteiger partial charge in [0.2, 0.25) is 0 Å². The van der Waals surface area contributed by atoms with Gasteiger partial charge in [0.1, 0.15) is 0 Å². The molecule has 0 spiro atoms. The molecule has 0 fully saturated rings. The molecule has 6 heavy (non-hydrogen) atoms. The molecule has 0 aromatic rings. The average molecular weight is 258 g/mol. The summed E-state index contributed by atoms with van der Waals surface area (Å²) >= 11 is 0. The first-order valence-corrected chi connectivity index (χ1v) is 1.50. The molecule has 0 heterocycles. The van der Waals surface area contributed by atoms with Gasteiger partial charge in [-0.3, -0.25) is 0 Å². The van der Waals surface area contributed by atoms with E-state index in [-0.39, 0.29) is 28.5 Å². The maximum atomic E-state index is 3.00. The van der Waals surface area contributed by atoms with E-state index in [4.69, 9.17) is 0 Å². The molecule has 0 saturated carbocycles. The largest absolute Gasteiger partial charge is 0.106 e. The van der Waals surface area contributed by atoms with Crippen molar-refractivity contribution in [2.75, 3.05) is 0 Å². The van der Waals surface area contributed by atoms with E-state index in [1.807, 2.05) is 13.8 Å². The van der Waals surface area contributed by atoms with Gasteiger partial charge < -0.3 is 0 Å². The molecule has 0 saturated heterocycles. The van der Waals surface area contributed by atoms with Crippen molar-refractivity contribution in [1.29, 1.82) is 0 Å². The average Bonchev–Trinajstić information content (AvgIpc) is 1.50. The predicted molar refractivity (Wildman–Crippen MR) is 29.3 cm³/mol. The van der Waals surface area contributed by atoms with E-state index in [1.54, 1.807) is 0 Å². The fourth-order valence-corrected chi connectivity index (χ4v) is 0. The first kappa shape index (κ1) is 32.1. The van der Waals surface area contributed by atoms with Crippen molar-refractivity contribution in [1.82, 2.24) is 0 Å². The Labute approximate surface area is 55.9 Å². The van der Waals surface area contributed by atoms with Crippen molar-refractivity contribution in [3.05, 3.63) is 13.2 Å². The number of rotatable bonds is 0. The van der Waals surface area contributed by atoms with Crippen LogP contribution in [0.1, 0.15) is 21.3 Å². The third-order valence-electron chi connectivity index (χ3n) is 0. The molecule has 0 unspecified atom stereocenters. The Morgan fingerprint density at radius 1 is 1.00 bits per heavy atom. The normalized spacial score (nSPS) is 1.67. The minimum Gasteiger partial charge on any atom is -0.106 e. The van der Waals surface area contributed by atoms with Crippen molar-refractivity contribution in [2.24, 2.45) is 0 Å². The zero-order valence-corrected chi connectivity index (χ0v) is 6.76. The summed E-state index contributed by atoms with van der Waals surface area (Å²) in [7, 11) is 0. The summed E-state index contributed by atoms with van der Waals surface area (Å²) in [6.45, 7) is 10.0. The summed E-state index contributed by atoms with van der Waals surface area (Å²) in [4.78, 5) is 0. The third-order valence-corrected chi connectivity index (χ3v) is 0. The second-order valence-electron chi connectivity index (χ2n) is 0. The van der Waals surface area contributed by atoms with Crippen molar-refractivity contribution in [3.8, 4) is 0 Å². The van der Waals surface area contributed by atoms with Crippen LogP contribution in [0.4, 0.5) is 0 Å². The van der Waals surface area contributed by atoms with Gasteiger partial charge in [0.05, 0.1) is 0 Å². The van der Waals surface area contributed by atoms with Crippen LogP contribution in [0.15, 0.2) is 13.2 Å². The summed E-state index contributed by atoms with van der Waals surface area (Å²) in [5.41, 5.74) is 0. The smallest absolute Gasteiger partial charge is 0 e. The van der Waals surface area contributed by atoms with E-state index in [9.17, 15) is 0 Å². The second-order valence-corrected chi connectivity index (χ2v) is 0. The zero-order valence-electron chi connectivity index (χ0n) is 3.82. The van der Waals surface area contributed by atoms with Crippen LogP contribution in [0, 0.1) is 0 Å². The van der Waals surface area contributed by atoms with Crippen LogP contribution in [0.2, 0.25) is 0 Å². The summed E-state index contributed by atoms with van der Waals surface area (Å²) < 4.78 is 0. The summed E-state index contributed by atoms with van der Waals surface area (Å²) in [5, 5.41) is 0. The van der Waals surface area contributed by atoms with Crippen LogP contribution in [0.3, 0.4) is 0 Å². The van der Waals surface area contributed by atoms with E-state index >= 15 is 0 Å². The Balaban J connectivity index is -0.00000000500. The van der Waals surface area contributed by atoms with E-state index in [1.165, 1.54) is 0 Å². The van der Waals surface area contributed by atoms with Crippen molar-refractivity contribution < 1.29 is 21.1 Å². The van der Waals surface area contributed by atoms with Gasteiger partial charge in [0.25, 0.3) is 0 Å². The molecule has 0 rings (SSSR count). The molecule has 0 radical (unpaired) electrons. The minimum atomic E-state index is 0. The van der Waals surface area contributed by atoms with Gasteiger partial charge in [0.15, 0.2) is 0 Å². The van der Waals surface area contributed by atoms with Crippen LogP contribution < -0.4 is 0 Å². The van der Waals surface area contributed by atoms with Crippen LogP contribution in [0.5, 0.6) is 0 Å². The second kappa shape index (κ2) is 580. The Morgan fingerprint density at radius 2 is 1.00 bits per heavy atom. The van der Waals surface area contributed by atoms with Crippen LogP contribution >= 0.6 is 0 Å². The Morgan fingerprint density at radius 3 is 1.00 bits per heavy atom. The first-order chi connectivity index (χ1) is 2.00. The topological polar surface area (TPSA) is 0 Å². The molecule has 0 amide bonds.